The van der Waals surface area contributed by atoms with E-state index in [9.17, 15) is 0 Å². The van der Waals surface area contributed by atoms with E-state index in [1.165, 1.54) is 0 Å². The Labute approximate surface area is 111 Å². The first-order valence-corrected chi connectivity index (χ1v) is 6.23. The van der Waals surface area contributed by atoms with E-state index in [4.69, 9.17) is 16.3 Å². The lowest BCUT2D eigenvalue weighted by atomic mass is 10.2. The van der Waals surface area contributed by atoms with Gasteiger partial charge < -0.3 is 10.1 Å². The van der Waals surface area contributed by atoms with Crippen LogP contribution in [0.1, 0.15) is 12.5 Å². The Morgan fingerprint density at radius 2 is 2.11 bits per heavy atom. The molecule has 4 nitrogen and oxygen atoms in total. The van der Waals surface area contributed by atoms with Crippen LogP contribution in [-0.2, 0) is 5.88 Å². The maximum Gasteiger partial charge on any atom is 0.230 e. The van der Waals surface area contributed by atoms with Gasteiger partial charge in [-0.05, 0) is 18.6 Å². The van der Waals surface area contributed by atoms with Crippen LogP contribution in [0.3, 0.4) is 0 Å². The predicted octanol–water partition coefficient (Wildman–Crippen LogP) is 3.36. The maximum atomic E-state index is 5.87. The van der Waals surface area contributed by atoms with Gasteiger partial charge in [0, 0.05) is 23.8 Å². The largest absolute Gasteiger partial charge is 0.478 e. The molecule has 5 heteroatoms. The average Bonchev–Trinajstić information content (AvgIpc) is 2.40. The summed E-state index contributed by atoms with van der Waals surface area (Å²) in [5.41, 5.74) is 1.91. The molecule has 0 fully saturated rings. The maximum absolute atomic E-state index is 5.87. The van der Waals surface area contributed by atoms with E-state index in [0.29, 0.717) is 24.3 Å². The number of halogens is 1. The minimum absolute atomic E-state index is 0.439. The molecule has 0 spiro atoms. The summed E-state index contributed by atoms with van der Waals surface area (Å²) in [6.07, 6.45) is 1.66. The fraction of sp³-hybridized carbons (Fsp3) is 0.231. The Bertz CT molecular complexity index is 519. The monoisotopic (exact) mass is 263 g/mol. The van der Waals surface area contributed by atoms with Gasteiger partial charge in [0.1, 0.15) is 0 Å². The zero-order chi connectivity index (χ0) is 12.8. The van der Waals surface area contributed by atoms with Crippen molar-refractivity contribution >= 4 is 23.2 Å². The Hall–Kier alpha value is -1.81. The topological polar surface area (TPSA) is 47.0 Å². The van der Waals surface area contributed by atoms with Gasteiger partial charge in [-0.1, -0.05) is 18.2 Å². The third-order valence-corrected chi connectivity index (χ3v) is 2.62. The lowest BCUT2D eigenvalue weighted by Gasteiger charge is -2.09. The van der Waals surface area contributed by atoms with E-state index in [2.05, 4.69) is 15.3 Å². The van der Waals surface area contributed by atoms with Gasteiger partial charge in [-0.2, -0.15) is 4.98 Å². The minimum atomic E-state index is 0.439. The van der Waals surface area contributed by atoms with Crippen molar-refractivity contribution in [1.82, 2.24) is 9.97 Å². The third-order valence-electron chi connectivity index (χ3n) is 2.33. The number of benzene rings is 1. The van der Waals surface area contributed by atoms with Crippen molar-refractivity contribution < 1.29 is 4.74 Å². The fourth-order valence-electron chi connectivity index (χ4n) is 1.51. The van der Waals surface area contributed by atoms with Gasteiger partial charge >= 0.3 is 0 Å². The van der Waals surface area contributed by atoms with Crippen LogP contribution in [0.5, 0.6) is 5.88 Å². The van der Waals surface area contributed by atoms with Crippen LogP contribution in [0.2, 0.25) is 0 Å². The van der Waals surface area contributed by atoms with E-state index >= 15 is 0 Å². The first-order chi connectivity index (χ1) is 8.83. The van der Waals surface area contributed by atoms with Crippen molar-refractivity contribution in [2.75, 3.05) is 11.9 Å². The zero-order valence-corrected chi connectivity index (χ0v) is 10.8. The van der Waals surface area contributed by atoms with Gasteiger partial charge in [0.2, 0.25) is 11.8 Å². The Morgan fingerprint density at radius 3 is 2.89 bits per heavy atom. The number of aromatic nitrogens is 2. The molecule has 1 N–H and O–H groups in total. The van der Waals surface area contributed by atoms with E-state index in [0.717, 1.165) is 11.3 Å². The Kier molecular flexibility index (Phi) is 4.36. The molecule has 0 saturated heterocycles. The summed E-state index contributed by atoms with van der Waals surface area (Å²) in [5.74, 6) is 1.49. The molecule has 0 amide bonds. The lowest BCUT2D eigenvalue weighted by Crippen LogP contribution is -2.01. The van der Waals surface area contributed by atoms with Crippen molar-refractivity contribution in [3.05, 3.63) is 42.1 Å². The summed E-state index contributed by atoms with van der Waals surface area (Å²) in [6, 6.07) is 9.50. The fourth-order valence-corrected chi connectivity index (χ4v) is 1.74. The highest BCUT2D eigenvalue weighted by Crippen LogP contribution is 2.20. The molecule has 0 bridgehead atoms. The summed E-state index contributed by atoms with van der Waals surface area (Å²) < 4.78 is 5.32. The van der Waals surface area contributed by atoms with Crippen LogP contribution in [0.25, 0.3) is 0 Å². The standard InChI is InChI=1S/C13H14ClN3O/c1-2-18-12-7-8-15-13(17-12)16-11-6-4-3-5-10(11)9-14/h3-8H,2,9H2,1H3,(H,15,16,17). The summed E-state index contributed by atoms with van der Waals surface area (Å²) >= 11 is 5.87. The predicted molar refractivity (Wildman–Crippen MR) is 72.5 cm³/mol. The third kappa shape index (κ3) is 3.11. The van der Waals surface area contributed by atoms with E-state index < -0.39 is 0 Å². The first kappa shape index (κ1) is 12.6. The van der Waals surface area contributed by atoms with Crippen LogP contribution < -0.4 is 10.1 Å². The van der Waals surface area contributed by atoms with Crippen molar-refractivity contribution in [1.29, 1.82) is 0 Å². The molecule has 0 radical (unpaired) electrons. The highest BCUT2D eigenvalue weighted by atomic mass is 35.5. The van der Waals surface area contributed by atoms with Crippen LogP contribution >= 0.6 is 11.6 Å². The molecule has 1 aromatic carbocycles. The molecule has 0 saturated carbocycles. The first-order valence-electron chi connectivity index (χ1n) is 5.70. The van der Waals surface area contributed by atoms with Crippen LogP contribution in [0.4, 0.5) is 11.6 Å². The van der Waals surface area contributed by atoms with Crippen LogP contribution in [-0.4, -0.2) is 16.6 Å². The molecule has 0 aliphatic rings. The smallest absolute Gasteiger partial charge is 0.230 e. The molecule has 1 aromatic heterocycles. The van der Waals surface area contributed by atoms with Crippen molar-refractivity contribution in [3.63, 3.8) is 0 Å². The van der Waals surface area contributed by atoms with E-state index in [1.54, 1.807) is 12.3 Å². The van der Waals surface area contributed by atoms with Gasteiger partial charge in [0.25, 0.3) is 0 Å². The molecule has 0 atom stereocenters. The number of ether oxygens (including phenoxy) is 1. The molecule has 2 rings (SSSR count). The number of nitrogens with one attached hydrogen (secondary N) is 1. The van der Waals surface area contributed by atoms with Crippen LogP contribution in [0, 0.1) is 0 Å². The number of nitrogens with zero attached hydrogens (tertiary/aromatic N) is 2. The summed E-state index contributed by atoms with van der Waals surface area (Å²) in [5, 5.41) is 3.14. The molecule has 2 aromatic rings. The number of rotatable bonds is 5. The summed E-state index contributed by atoms with van der Waals surface area (Å²) in [4.78, 5) is 8.39. The summed E-state index contributed by atoms with van der Waals surface area (Å²) in [7, 11) is 0. The van der Waals surface area contributed by atoms with Gasteiger partial charge in [0.05, 0.1) is 6.61 Å². The van der Waals surface area contributed by atoms with Gasteiger partial charge in [-0.25, -0.2) is 4.98 Å². The number of alkyl halides is 1. The normalized spacial score (nSPS) is 10.1. The second kappa shape index (κ2) is 6.21. The Balaban J connectivity index is 2.20. The van der Waals surface area contributed by atoms with Gasteiger partial charge in [-0.15, -0.1) is 11.6 Å². The average molecular weight is 264 g/mol. The molecule has 0 unspecified atom stereocenters. The van der Waals surface area contributed by atoms with Crippen molar-refractivity contribution in [2.24, 2.45) is 0 Å². The van der Waals surface area contributed by atoms with Crippen LogP contribution in [0.15, 0.2) is 36.5 Å². The van der Waals surface area contributed by atoms with Gasteiger partial charge in [0.15, 0.2) is 0 Å². The SMILES string of the molecule is CCOc1ccnc(Nc2ccccc2CCl)n1. The highest BCUT2D eigenvalue weighted by molar-refractivity contribution is 6.17. The molecule has 94 valence electrons. The van der Waals surface area contributed by atoms with Crippen molar-refractivity contribution in [3.8, 4) is 5.88 Å². The van der Waals surface area contributed by atoms with E-state index in [-0.39, 0.29) is 0 Å². The Morgan fingerprint density at radius 1 is 1.28 bits per heavy atom. The number of hydrogen-bond donors (Lipinski definition) is 1. The summed E-state index contributed by atoms with van der Waals surface area (Å²) in [6.45, 7) is 2.49. The second-order valence-corrected chi connectivity index (χ2v) is 3.83. The van der Waals surface area contributed by atoms with Gasteiger partial charge in [-0.3, -0.25) is 0 Å². The quantitative estimate of drug-likeness (QED) is 0.841. The molecular weight excluding hydrogens is 250 g/mol. The number of hydrogen-bond acceptors (Lipinski definition) is 4. The molecule has 0 aliphatic heterocycles. The lowest BCUT2D eigenvalue weighted by molar-refractivity contribution is 0.327. The molecule has 18 heavy (non-hydrogen) atoms. The molecule has 1 heterocycles. The highest BCUT2D eigenvalue weighted by Gasteiger charge is 2.04. The second-order valence-electron chi connectivity index (χ2n) is 3.57. The molecule has 0 aliphatic carbocycles. The molecular formula is C13H14ClN3O. The zero-order valence-electron chi connectivity index (χ0n) is 10.1. The number of para-hydroxylation sites is 1. The minimum Gasteiger partial charge on any atom is -0.478 e. The van der Waals surface area contributed by atoms with Crippen molar-refractivity contribution in [2.45, 2.75) is 12.8 Å². The van der Waals surface area contributed by atoms with E-state index in [1.807, 2.05) is 31.2 Å². The number of anilines is 2.